The Labute approximate surface area is 196 Å². The standard InChI is InChI=1S/C22H32N4O3.HI/c1-23-22(24-15-18-5-2-3-6-19(18)29-16-17-8-9-17)26-12-10-25(11-13-26)21(27)20-7-4-14-28-20;/h2-3,5-6,17,20H,4,7-16H2,1H3,(H,23,24);1H. The van der Waals surface area contributed by atoms with E-state index in [0.29, 0.717) is 26.2 Å². The maximum atomic E-state index is 12.5. The van der Waals surface area contributed by atoms with E-state index in [1.165, 1.54) is 12.8 Å². The van der Waals surface area contributed by atoms with Crippen LogP contribution in [-0.4, -0.2) is 74.2 Å². The number of nitrogens with zero attached hydrogens (tertiary/aromatic N) is 3. The summed E-state index contributed by atoms with van der Waals surface area (Å²) >= 11 is 0. The summed E-state index contributed by atoms with van der Waals surface area (Å²) < 4.78 is 11.6. The zero-order valence-corrected chi connectivity index (χ0v) is 20.0. The van der Waals surface area contributed by atoms with Crippen LogP contribution in [0.3, 0.4) is 0 Å². The van der Waals surface area contributed by atoms with Crippen molar-refractivity contribution in [2.75, 3.05) is 46.4 Å². The fraction of sp³-hybridized carbons (Fsp3) is 0.636. The molecule has 8 heteroatoms. The third-order valence-electron chi connectivity index (χ3n) is 5.89. The third kappa shape index (κ3) is 6.00. The van der Waals surface area contributed by atoms with Gasteiger partial charge in [0.1, 0.15) is 11.9 Å². The van der Waals surface area contributed by atoms with E-state index in [-0.39, 0.29) is 36.0 Å². The van der Waals surface area contributed by atoms with Crippen LogP contribution in [0.25, 0.3) is 0 Å². The fourth-order valence-electron chi connectivity index (χ4n) is 3.90. The van der Waals surface area contributed by atoms with E-state index in [2.05, 4.69) is 21.3 Å². The van der Waals surface area contributed by atoms with Crippen molar-refractivity contribution in [3.63, 3.8) is 0 Å². The lowest BCUT2D eigenvalue weighted by Crippen LogP contribution is -2.55. The summed E-state index contributed by atoms with van der Waals surface area (Å²) in [6.07, 6.45) is 4.18. The number of nitrogens with one attached hydrogen (secondary N) is 1. The molecule has 1 atom stereocenters. The summed E-state index contributed by atoms with van der Waals surface area (Å²) in [5, 5.41) is 3.47. The second-order valence-electron chi connectivity index (χ2n) is 8.08. The minimum Gasteiger partial charge on any atom is -0.493 e. The van der Waals surface area contributed by atoms with E-state index in [1.54, 1.807) is 0 Å². The number of halogens is 1. The van der Waals surface area contributed by atoms with Crippen molar-refractivity contribution in [1.29, 1.82) is 0 Å². The van der Waals surface area contributed by atoms with Crippen LogP contribution in [0.1, 0.15) is 31.2 Å². The highest BCUT2D eigenvalue weighted by atomic mass is 127. The Bertz CT molecular complexity index is 727. The normalized spacial score (nSPS) is 21.9. The van der Waals surface area contributed by atoms with Gasteiger partial charge in [0, 0.05) is 51.9 Å². The zero-order valence-electron chi connectivity index (χ0n) is 17.7. The number of benzene rings is 1. The highest BCUT2D eigenvalue weighted by Gasteiger charge is 2.31. The molecule has 0 radical (unpaired) electrons. The van der Waals surface area contributed by atoms with Gasteiger partial charge < -0.3 is 24.6 Å². The molecule has 166 valence electrons. The van der Waals surface area contributed by atoms with Gasteiger partial charge in [-0.2, -0.15) is 0 Å². The van der Waals surface area contributed by atoms with Crippen LogP contribution in [0.15, 0.2) is 29.3 Å². The Morgan fingerprint density at radius 3 is 2.57 bits per heavy atom. The number of carbonyl (C=O) groups excluding carboxylic acids is 1. The Balaban J connectivity index is 0.00000256. The fourth-order valence-corrected chi connectivity index (χ4v) is 3.90. The van der Waals surface area contributed by atoms with E-state index in [1.807, 2.05) is 30.1 Å². The average molecular weight is 528 g/mol. The maximum absolute atomic E-state index is 12.5. The molecule has 0 aromatic heterocycles. The monoisotopic (exact) mass is 528 g/mol. The van der Waals surface area contributed by atoms with E-state index < -0.39 is 0 Å². The summed E-state index contributed by atoms with van der Waals surface area (Å²) in [5.41, 5.74) is 1.14. The van der Waals surface area contributed by atoms with Crippen LogP contribution in [-0.2, 0) is 16.1 Å². The molecular formula is C22H33IN4O3. The van der Waals surface area contributed by atoms with Gasteiger partial charge in [-0.3, -0.25) is 9.79 Å². The SMILES string of the molecule is CN=C(NCc1ccccc1OCC1CC1)N1CCN(C(=O)C2CCCO2)CC1.I. The number of amides is 1. The average Bonchev–Trinajstić information content (AvgIpc) is 3.44. The first-order chi connectivity index (χ1) is 14.2. The molecule has 1 aliphatic carbocycles. The molecule has 30 heavy (non-hydrogen) atoms. The van der Waals surface area contributed by atoms with Crippen molar-refractivity contribution in [2.45, 2.75) is 38.3 Å². The number of ether oxygens (including phenoxy) is 2. The first kappa shape index (κ1) is 23.1. The maximum Gasteiger partial charge on any atom is 0.251 e. The van der Waals surface area contributed by atoms with E-state index in [4.69, 9.17) is 9.47 Å². The third-order valence-corrected chi connectivity index (χ3v) is 5.89. The molecule has 1 aromatic carbocycles. The lowest BCUT2D eigenvalue weighted by atomic mass is 10.2. The number of para-hydroxylation sites is 1. The quantitative estimate of drug-likeness (QED) is 0.349. The molecule has 1 amide bonds. The number of rotatable bonds is 6. The van der Waals surface area contributed by atoms with Crippen molar-refractivity contribution >= 4 is 35.8 Å². The molecular weight excluding hydrogens is 495 g/mol. The van der Waals surface area contributed by atoms with Gasteiger partial charge in [0.05, 0.1) is 6.61 Å². The molecule has 1 aromatic rings. The first-order valence-electron chi connectivity index (χ1n) is 10.8. The number of guanidine groups is 1. The number of aliphatic imine (C=N–C) groups is 1. The molecule has 1 N–H and O–H groups in total. The molecule has 1 unspecified atom stereocenters. The molecule has 3 fully saturated rings. The van der Waals surface area contributed by atoms with Crippen molar-refractivity contribution in [1.82, 2.24) is 15.1 Å². The Hall–Kier alpha value is -1.55. The van der Waals surface area contributed by atoms with Crippen LogP contribution < -0.4 is 10.1 Å². The Kier molecular flexibility index (Phi) is 8.61. The number of hydrogen-bond donors (Lipinski definition) is 1. The molecule has 1 saturated carbocycles. The molecule has 3 aliphatic rings. The van der Waals surface area contributed by atoms with Gasteiger partial charge in [-0.25, -0.2) is 0 Å². The lowest BCUT2D eigenvalue weighted by molar-refractivity contribution is -0.142. The van der Waals surface area contributed by atoms with Crippen LogP contribution in [0.4, 0.5) is 0 Å². The number of carbonyl (C=O) groups is 1. The summed E-state index contributed by atoms with van der Waals surface area (Å²) in [4.78, 5) is 21.1. The molecule has 0 spiro atoms. The van der Waals surface area contributed by atoms with Gasteiger partial charge in [-0.1, -0.05) is 18.2 Å². The molecule has 2 saturated heterocycles. The van der Waals surface area contributed by atoms with Crippen molar-refractivity contribution < 1.29 is 14.3 Å². The van der Waals surface area contributed by atoms with Gasteiger partial charge in [-0.05, 0) is 37.7 Å². The summed E-state index contributed by atoms with van der Waals surface area (Å²) in [6, 6.07) is 8.20. The molecule has 7 nitrogen and oxygen atoms in total. The van der Waals surface area contributed by atoms with Crippen molar-refractivity contribution in [3.8, 4) is 5.75 Å². The number of hydrogen-bond acceptors (Lipinski definition) is 4. The van der Waals surface area contributed by atoms with Crippen molar-refractivity contribution in [3.05, 3.63) is 29.8 Å². The Morgan fingerprint density at radius 1 is 1.17 bits per heavy atom. The van der Waals surface area contributed by atoms with Gasteiger partial charge >= 0.3 is 0 Å². The molecule has 2 aliphatic heterocycles. The van der Waals surface area contributed by atoms with Crippen LogP contribution in [0.2, 0.25) is 0 Å². The summed E-state index contributed by atoms with van der Waals surface area (Å²) in [6.45, 7) is 5.16. The van der Waals surface area contributed by atoms with E-state index in [0.717, 1.165) is 55.7 Å². The molecule has 2 heterocycles. The minimum atomic E-state index is -0.230. The van der Waals surface area contributed by atoms with Gasteiger partial charge in [-0.15, -0.1) is 24.0 Å². The predicted octanol–water partition coefficient (Wildman–Crippen LogP) is 2.49. The first-order valence-corrected chi connectivity index (χ1v) is 10.8. The predicted molar refractivity (Wildman–Crippen MR) is 127 cm³/mol. The minimum absolute atomic E-state index is 0. The second kappa shape index (κ2) is 11.2. The Morgan fingerprint density at radius 2 is 1.90 bits per heavy atom. The highest BCUT2D eigenvalue weighted by molar-refractivity contribution is 14.0. The van der Waals surface area contributed by atoms with Gasteiger partial charge in [0.25, 0.3) is 5.91 Å². The summed E-state index contributed by atoms with van der Waals surface area (Å²) in [5.74, 6) is 2.70. The molecule has 0 bridgehead atoms. The second-order valence-corrected chi connectivity index (χ2v) is 8.08. The smallest absolute Gasteiger partial charge is 0.251 e. The van der Waals surface area contributed by atoms with Crippen LogP contribution in [0.5, 0.6) is 5.75 Å². The number of piperazine rings is 1. The van der Waals surface area contributed by atoms with Gasteiger partial charge in [0.15, 0.2) is 5.96 Å². The van der Waals surface area contributed by atoms with Gasteiger partial charge in [0.2, 0.25) is 0 Å². The van der Waals surface area contributed by atoms with E-state index in [9.17, 15) is 4.79 Å². The van der Waals surface area contributed by atoms with Crippen molar-refractivity contribution in [2.24, 2.45) is 10.9 Å². The summed E-state index contributed by atoms with van der Waals surface area (Å²) in [7, 11) is 1.81. The molecule has 4 rings (SSSR count). The zero-order chi connectivity index (χ0) is 20.1. The lowest BCUT2D eigenvalue weighted by Gasteiger charge is -2.37. The highest BCUT2D eigenvalue weighted by Crippen LogP contribution is 2.30. The van der Waals surface area contributed by atoms with Crippen LogP contribution >= 0.6 is 24.0 Å². The largest absolute Gasteiger partial charge is 0.493 e. The van der Waals surface area contributed by atoms with E-state index >= 15 is 0 Å². The van der Waals surface area contributed by atoms with Crippen LogP contribution in [0, 0.1) is 5.92 Å². The topological polar surface area (TPSA) is 66.4 Å².